The molecule has 0 aliphatic heterocycles. The molecular formula is C34H46INO5. The van der Waals surface area contributed by atoms with E-state index in [9.17, 15) is 4.79 Å². The molecule has 224 valence electrons. The van der Waals surface area contributed by atoms with Gasteiger partial charge in [0.25, 0.3) is 0 Å². The number of likely N-dealkylation sites (N-methyl/N-ethyl adjacent to an activating group) is 1. The molecule has 0 aromatic heterocycles. The first-order valence-electron chi connectivity index (χ1n) is 14.4. The average Bonchev–Trinajstić information content (AvgIpc) is 2.96. The van der Waals surface area contributed by atoms with Crippen molar-refractivity contribution in [1.82, 2.24) is 0 Å². The smallest absolute Gasteiger partial charge is 0.365 e. The van der Waals surface area contributed by atoms with Crippen LogP contribution in [0.15, 0.2) is 78.9 Å². The minimum Gasteiger partial charge on any atom is -1.00 e. The number of hydrogen-bond acceptors (Lipinski definition) is 5. The zero-order valence-electron chi connectivity index (χ0n) is 25.0. The van der Waals surface area contributed by atoms with E-state index >= 15 is 0 Å². The summed E-state index contributed by atoms with van der Waals surface area (Å²) >= 11 is 0. The maximum absolute atomic E-state index is 12.8. The van der Waals surface area contributed by atoms with Crippen molar-refractivity contribution in [3.8, 4) is 17.2 Å². The molecule has 0 N–H and O–H groups in total. The largest absolute Gasteiger partial charge is 1.00 e. The number of carbonyl (C=O) groups is 1. The number of quaternary nitrogens is 1. The van der Waals surface area contributed by atoms with Gasteiger partial charge in [-0.15, -0.1) is 0 Å². The predicted octanol–water partition coefficient (Wildman–Crippen LogP) is 3.86. The first-order chi connectivity index (χ1) is 19.4. The Hall–Kier alpha value is -2.78. The van der Waals surface area contributed by atoms with Crippen molar-refractivity contribution in [2.75, 3.05) is 41.5 Å². The maximum Gasteiger partial charge on any atom is 0.365 e. The number of ether oxygens (including phenoxy) is 4. The second kappa shape index (κ2) is 18.6. The standard InChI is InChI=1S/C34H46NO5.HI/c1-35(2,3)32(26-28-16-10-9-11-17-28)34(36)39-25-15-8-6-5-7-14-24-38-30-20-22-31(23-21-30)40-27-29-18-12-13-19-33(29)37-4;/h9-13,16-23,32H,5-8,14-15,24-27H2,1-4H3;1H/q+1;/p-1. The number of halogens is 1. The lowest BCUT2D eigenvalue weighted by atomic mass is 10.0. The van der Waals surface area contributed by atoms with E-state index in [0.717, 1.165) is 66.9 Å². The quantitative estimate of drug-likeness (QED) is 0.0889. The van der Waals surface area contributed by atoms with E-state index in [1.54, 1.807) is 7.11 Å². The van der Waals surface area contributed by atoms with Gasteiger partial charge in [-0.2, -0.15) is 0 Å². The van der Waals surface area contributed by atoms with Crippen LogP contribution in [0.4, 0.5) is 0 Å². The van der Waals surface area contributed by atoms with Crippen LogP contribution in [0.2, 0.25) is 0 Å². The average molecular weight is 676 g/mol. The van der Waals surface area contributed by atoms with Crippen LogP contribution < -0.4 is 38.2 Å². The van der Waals surface area contributed by atoms with E-state index in [0.29, 0.717) is 30.7 Å². The molecule has 1 atom stereocenters. The fourth-order valence-electron chi connectivity index (χ4n) is 4.50. The molecule has 0 aliphatic rings. The number of nitrogens with zero attached hydrogens (tertiary/aromatic N) is 1. The number of esters is 1. The highest BCUT2D eigenvalue weighted by atomic mass is 127. The predicted molar refractivity (Wildman–Crippen MR) is 160 cm³/mol. The zero-order chi connectivity index (χ0) is 28.6. The van der Waals surface area contributed by atoms with Gasteiger partial charge in [0.2, 0.25) is 0 Å². The molecule has 3 aromatic rings. The van der Waals surface area contributed by atoms with Crippen LogP contribution in [-0.2, 0) is 22.6 Å². The highest BCUT2D eigenvalue weighted by molar-refractivity contribution is 5.75. The molecule has 0 fully saturated rings. The van der Waals surface area contributed by atoms with E-state index in [1.807, 2.05) is 87.9 Å². The minimum atomic E-state index is -0.204. The Labute approximate surface area is 263 Å². The van der Waals surface area contributed by atoms with Crippen molar-refractivity contribution in [2.45, 2.75) is 57.6 Å². The van der Waals surface area contributed by atoms with Gasteiger partial charge in [-0.05, 0) is 48.7 Å². The lowest BCUT2D eigenvalue weighted by molar-refractivity contribution is -0.887. The number of rotatable bonds is 18. The van der Waals surface area contributed by atoms with Gasteiger partial charge in [-0.3, -0.25) is 0 Å². The van der Waals surface area contributed by atoms with E-state index in [-0.39, 0.29) is 36.0 Å². The van der Waals surface area contributed by atoms with Gasteiger partial charge in [-0.1, -0.05) is 74.2 Å². The summed E-state index contributed by atoms with van der Waals surface area (Å²) < 4.78 is 23.4. The lowest BCUT2D eigenvalue weighted by Crippen LogP contribution is -3.00. The van der Waals surface area contributed by atoms with Crippen molar-refractivity contribution in [2.24, 2.45) is 0 Å². The van der Waals surface area contributed by atoms with Crippen molar-refractivity contribution < 1.29 is 52.2 Å². The Balaban J connectivity index is 0.00000588. The van der Waals surface area contributed by atoms with Gasteiger partial charge in [0.15, 0.2) is 6.04 Å². The zero-order valence-corrected chi connectivity index (χ0v) is 27.2. The number of methoxy groups -OCH3 is 1. The van der Waals surface area contributed by atoms with Gasteiger partial charge in [0, 0.05) is 12.0 Å². The van der Waals surface area contributed by atoms with Gasteiger partial charge in [0.05, 0.1) is 41.5 Å². The van der Waals surface area contributed by atoms with E-state index in [2.05, 4.69) is 12.1 Å². The highest BCUT2D eigenvalue weighted by Crippen LogP contribution is 2.22. The van der Waals surface area contributed by atoms with Crippen molar-refractivity contribution in [3.05, 3.63) is 90.0 Å². The summed E-state index contributed by atoms with van der Waals surface area (Å²) in [5.74, 6) is 2.37. The summed E-state index contributed by atoms with van der Waals surface area (Å²) in [6.45, 7) is 1.65. The molecular weight excluding hydrogens is 629 g/mol. The van der Waals surface area contributed by atoms with Crippen LogP contribution in [-0.4, -0.2) is 58.0 Å². The van der Waals surface area contributed by atoms with Crippen molar-refractivity contribution >= 4 is 5.97 Å². The molecule has 0 bridgehead atoms. The monoisotopic (exact) mass is 675 g/mol. The first kappa shape index (κ1) is 34.4. The van der Waals surface area contributed by atoms with E-state index in [4.69, 9.17) is 18.9 Å². The van der Waals surface area contributed by atoms with E-state index in [1.165, 1.54) is 0 Å². The van der Waals surface area contributed by atoms with Crippen LogP contribution in [0.1, 0.15) is 49.7 Å². The fourth-order valence-corrected chi connectivity index (χ4v) is 4.50. The lowest BCUT2D eigenvalue weighted by Gasteiger charge is -2.32. The fraction of sp³-hybridized carbons (Fsp3) is 0.441. The van der Waals surface area contributed by atoms with Gasteiger partial charge < -0.3 is 47.4 Å². The highest BCUT2D eigenvalue weighted by Gasteiger charge is 2.33. The third-order valence-electron chi connectivity index (χ3n) is 6.94. The van der Waals surface area contributed by atoms with Crippen molar-refractivity contribution in [3.63, 3.8) is 0 Å². The number of hydrogen-bond donors (Lipinski definition) is 0. The Bertz CT molecular complexity index is 1130. The minimum absolute atomic E-state index is 0. The van der Waals surface area contributed by atoms with Crippen molar-refractivity contribution in [1.29, 1.82) is 0 Å². The van der Waals surface area contributed by atoms with Gasteiger partial charge in [0.1, 0.15) is 23.9 Å². The van der Waals surface area contributed by atoms with Crippen LogP contribution >= 0.6 is 0 Å². The number of carbonyl (C=O) groups excluding carboxylic acids is 1. The summed E-state index contributed by atoms with van der Waals surface area (Å²) in [5.41, 5.74) is 2.17. The molecule has 0 aliphatic carbocycles. The summed E-state index contributed by atoms with van der Waals surface area (Å²) in [4.78, 5) is 12.8. The SMILES string of the molecule is COc1ccccc1COc1ccc(OCCCCCCCCOC(=O)C(Cc2ccccc2)[N+](C)(C)C)cc1.[I-]. The molecule has 0 saturated heterocycles. The Morgan fingerprint density at radius 1 is 0.707 bits per heavy atom. The molecule has 3 aromatic carbocycles. The molecule has 0 saturated carbocycles. The number of unbranched alkanes of at least 4 members (excludes halogenated alkanes) is 5. The molecule has 0 amide bonds. The van der Waals surface area contributed by atoms with Crippen LogP contribution in [0, 0.1) is 0 Å². The summed E-state index contributed by atoms with van der Waals surface area (Å²) in [6, 6.07) is 25.6. The maximum atomic E-state index is 12.8. The topological polar surface area (TPSA) is 54.0 Å². The Kier molecular flexibility index (Phi) is 15.6. The molecule has 0 heterocycles. The summed E-state index contributed by atoms with van der Waals surface area (Å²) in [7, 11) is 7.81. The Morgan fingerprint density at radius 3 is 1.90 bits per heavy atom. The number of para-hydroxylation sites is 1. The van der Waals surface area contributed by atoms with Crippen LogP contribution in [0.25, 0.3) is 0 Å². The third-order valence-corrected chi connectivity index (χ3v) is 6.94. The molecule has 0 spiro atoms. The molecule has 41 heavy (non-hydrogen) atoms. The van der Waals surface area contributed by atoms with Crippen LogP contribution in [0.5, 0.6) is 17.2 Å². The molecule has 7 heteroatoms. The number of benzene rings is 3. The molecule has 1 unspecified atom stereocenters. The molecule has 3 rings (SSSR count). The first-order valence-corrected chi connectivity index (χ1v) is 14.4. The van der Waals surface area contributed by atoms with Gasteiger partial charge >= 0.3 is 5.97 Å². The normalized spacial score (nSPS) is 11.7. The van der Waals surface area contributed by atoms with Crippen LogP contribution in [0.3, 0.4) is 0 Å². The van der Waals surface area contributed by atoms with E-state index < -0.39 is 0 Å². The second-order valence-corrected chi connectivity index (χ2v) is 11.0. The van der Waals surface area contributed by atoms with Gasteiger partial charge in [-0.25, -0.2) is 4.79 Å². The Morgan fingerprint density at radius 2 is 1.27 bits per heavy atom. The molecule has 0 radical (unpaired) electrons. The third kappa shape index (κ3) is 12.7. The summed E-state index contributed by atoms with van der Waals surface area (Å²) in [6.07, 6.45) is 7.10. The molecule has 6 nitrogen and oxygen atoms in total. The summed E-state index contributed by atoms with van der Waals surface area (Å²) in [5, 5.41) is 0. The second-order valence-electron chi connectivity index (χ2n) is 11.0.